The highest BCUT2D eigenvalue weighted by atomic mass is 79.9. The Hall–Kier alpha value is -0.710. The van der Waals surface area contributed by atoms with E-state index in [-0.39, 0.29) is 12.4 Å². The molecule has 0 saturated heterocycles. The molecule has 0 N–H and O–H groups in total. The van der Waals surface area contributed by atoms with Crippen LogP contribution in [0, 0.1) is 5.82 Å². The highest BCUT2D eigenvalue weighted by Gasteiger charge is 2.20. The van der Waals surface area contributed by atoms with E-state index in [1.807, 2.05) is 0 Å². The molecule has 0 fully saturated rings. The highest BCUT2D eigenvalue weighted by molar-refractivity contribution is 9.10. The third kappa shape index (κ3) is 2.41. The standard InChI is InChI=1S/C9H8BrF3O/c1-2-14-7-4-5(10)3-6(11)8(7)9(12)13/h3-4,9H,2H2,1H3. The second kappa shape index (κ2) is 4.68. The minimum atomic E-state index is -2.87. The summed E-state index contributed by atoms with van der Waals surface area (Å²) >= 11 is 3.00. The van der Waals surface area contributed by atoms with E-state index in [2.05, 4.69) is 15.9 Å². The maximum Gasteiger partial charge on any atom is 0.270 e. The number of halogens is 4. The van der Waals surface area contributed by atoms with Crippen molar-refractivity contribution in [3.63, 3.8) is 0 Å². The quantitative estimate of drug-likeness (QED) is 0.807. The van der Waals surface area contributed by atoms with Crippen LogP contribution in [0.5, 0.6) is 5.75 Å². The SMILES string of the molecule is CCOc1cc(Br)cc(F)c1C(F)F. The van der Waals surface area contributed by atoms with E-state index < -0.39 is 17.8 Å². The fraction of sp³-hybridized carbons (Fsp3) is 0.333. The zero-order valence-electron chi connectivity index (χ0n) is 7.36. The number of benzene rings is 1. The largest absolute Gasteiger partial charge is 0.493 e. The van der Waals surface area contributed by atoms with Gasteiger partial charge in [0.1, 0.15) is 11.6 Å². The summed E-state index contributed by atoms with van der Waals surface area (Å²) in [6.07, 6.45) is -2.87. The molecule has 0 bridgehead atoms. The topological polar surface area (TPSA) is 9.23 Å². The van der Waals surface area contributed by atoms with Crippen LogP contribution < -0.4 is 4.74 Å². The highest BCUT2D eigenvalue weighted by Crippen LogP contribution is 2.34. The molecule has 0 aliphatic rings. The Balaban J connectivity index is 3.21. The van der Waals surface area contributed by atoms with Crippen LogP contribution in [0.2, 0.25) is 0 Å². The third-order valence-electron chi connectivity index (χ3n) is 1.57. The van der Waals surface area contributed by atoms with Crippen LogP contribution >= 0.6 is 15.9 Å². The smallest absolute Gasteiger partial charge is 0.270 e. The number of alkyl halides is 2. The minimum absolute atomic E-state index is 0.116. The summed E-state index contributed by atoms with van der Waals surface area (Å²) in [5.41, 5.74) is -0.685. The summed E-state index contributed by atoms with van der Waals surface area (Å²) in [4.78, 5) is 0. The molecule has 0 saturated carbocycles. The predicted molar refractivity (Wildman–Crippen MR) is 50.2 cm³/mol. The van der Waals surface area contributed by atoms with Crippen molar-refractivity contribution in [3.05, 3.63) is 28.0 Å². The second-order valence-electron chi connectivity index (χ2n) is 2.53. The van der Waals surface area contributed by atoms with Crippen LogP contribution in [0.15, 0.2) is 16.6 Å². The summed E-state index contributed by atoms with van der Waals surface area (Å²) in [5, 5.41) is 0. The molecule has 14 heavy (non-hydrogen) atoms. The van der Waals surface area contributed by atoms with Gasteiger partial charge in [-0.1, -0.05) is 15.9 Å². The summed E-state index contributed by atoms with van der Waals surface area (Å²) < 4.78 is 43.2. The van der Waals surface area contributed by atoms with Gasteiger partial charge in [-0.3, -0.25) is 0 Å². The van der Waals surface area contributed by atoms with Crippen molar-refractivity contribution in [3.8, 4) is 5.75 Å². The molecule has 0 unspecified atom stereocenters. The molecule has 0 heterocycles. The fourth-order valence-corrected chi connectivity index (χ4v) is 1.46. The zero-order chi connectivity index (χ0) is 10.7. The van der Waals surface area contributed by atoms with Crippen LogP contribution in [-0.4, -0.2) is 6.61 Å². The monoisotopic (exact) mass is 268 g/mol. The first-order valence-corrected chi connectivity index (χ1v) is 4.75. The van der Waals surface area contributed by atoms with Gasteiger partial charge in [0.2, 0.25) is 0 Å². The predicted octanol–water partition coefficient (Wildman–Crippen LogP) is 3.92. The summed E-state index contributed by atoms with van der Waals surface area (Å²) in [5.74, 6) is -1.08. The Labute approximate surface area is 88.0 Å². The van der Waals surface area contributed by atoms with Crippen molar-refractivity contribution in [2.75, 3.05) is 6.61 Å². The minimum Gasteiger partial charge on any atom is -0.493 e. The van der Waals surface area contributed by atoms with Gasteiger partial charge >= 0.3 is 0 Å². The molecule has 0 aliphatic carbocycles. The van der Waals surface area contributed by atoms with E-state index >= 15 is 0 Å². The number of ether oxygens (including phenoxy) is 1. The first-order chi connectivity index (χ1) is 6.56. The normalized spacial score (nSPS) is 10.7. The van der Waals surface area contributed by atoms with Crippen LogP contribution in [0.3, 0.4) is 0 Å². The molecule has 0 radical (unpaired) electrons. The molecular formula is C9H8BrF3O. The lowest BCUT2D eigenvalue weighted by atomic mass is 10.2. The van der Waals surface area contributed by atoms with Gasteiger partial charge in [-0.05, 0) is 19.1 Å². The van der Waals surface area contributed by atoms with Gasteiger partial charge in [-0.15, -0.1) is 0 Å². The summed E-state index contributed by atoms with van der Waals surface area (Å²) in [7, 11) is 0. The average Bonchev–Trinajstić information content (AvgIpc) is 2.01. The fourth-order valence-electron chi connectivity index (χ4n) is 1.05. The van der Waals surface area contributed by atoms with E-state index in [0.29, 0.717) is 4.47 Å². The van der Waals surface area contributed by atoms with E-state index in [4.69, 9.17) is 4.74 Å². The maximum absolute atomic E-state index is 13.1. The lowest BCUT2D eigenvalue weighted by molar-refractivity contribution is 0.140. The van der Waals surface area contributed by atoms with Crippen molar-refractivity contribution in [2.24, 2.45) is 0 Å². The number of hydrogen-bond donors (Lipinski definition) is 0. The first kappa shape index (κ1) is 11.4. The second-order valence-corrected chi connectivity index (χ2v) is 3.45. The molecule has 1 aromatic rings. The Morgan fingerprint density at radius 3 is 2.57 bits per heavy atom. The van der Waals surface area contributed by atoms with Crippen molar-refractivity contribution < 1.29 is 17.9 Å². The summed E-state index contributed by atoms with van der Waals surface area (Å²) in [6.45, 7) is 1.86. The van der Waals surface area contributed by atoms with E-state index in [1.54, 1.807) is 6.92 Å². The Morgan fingerprint density at radius 1 is 1.43 bits per heavy atom. The van der Waals surface area contributed by atoms with Crippen molar-refractivity contribution in [1.82, 2.24) is 0 Å². The van der Waals surface area contributed by atoms with E-state index in [1.165, 1.54) is 6.07 Å². The van der Waals surface area contributed by atoms with Crippen molar-refractivity contribution in [2.45, 2.75) is 13.3 Å². The van der Waals surface area contributed by atoms with Crippen molar-refractivity contribution >= 4 is 15.9 Å². The van der Waals surface area contributed by atoms with Crippen LogP contribution in [0.4, 0.5) is 13.2 Å². The molecular weight excluding hydrogens is 261 g/mol. The lowest BCUT2D eigenvalue weighted by Gasteiger charge is -2.10. The van der Waals surface area contributed by atoms with Gasteiger partial charge in [-0.25, -0.2) is 13.2 Å². The van der Waals surface area contributed by atoms with Crippen molar-refractivity contribution in [1.29, 1.82) is 0 Å². The number of rotatable bonds is 3. The lowest BCUT2D eigenvalue weighted by Crippen LogP contribution is -2.00. The van der Waals surface area contributed by atoms with Crippen LogP contribution in [0.1, 0.15) is 18.9 Å². The Kier molecular flexibility index (Phi) is 3.80. The molecule has 0 atom stereocenters. The van der Waals surface area contributed by atoms with Gasteiger partial charge in [0.25, 0.3) is 6.43 Å². The van der Waals surface area contributed by atoms with Gasteiger partial charge in [0.15, 0.2) is 0 Å². The molecule has 0 aliphatic heterocycles. The number of hydrogen-bond acceptors (Lipinski definition) is 1. The molecule has 0 spiro atoms. The van der Waals surface area contributed by atoms with Gasteiger partial charge < -0.3 is 4.74 Å². The molecule has 0 amide bonds. The molecule has 1 aromatic carbocycles. The average molecular weight is 269 g/mol. The van der Waals surface area contributed by atoms with Crippen LogP contribution in [0.25, 0.3) is 0 Å². The van der Waals surface area contributed by atoms with Gasteiger partial charge in [0, 0.05) is 4.47 Å². The maximum atomic E-state index is 13.1. The first-order valence-electron chi connectivity index (χ1n) is 3.96. The molecule has 1 rings (SSSR count). The van der Waals surface area contributed by atoms with Gasteiger partial charge in [0.05, 0.1) is 12.2 Å². The molecule has 78 valence electrons. The van der Waals surface area contributed by atoms with Gasteiger partial charge in [-0.2, -0.15) is 0 Å². The molecule has 5 heteroatoms. The zero-order valence-corrected chi connectivity index (χ0v) is 8.95. The van der Waals surface area contributed by atoms with Crippen LogP contribution in [-0.2, 0) is 0 Å². The molecule has 1 nitrogen and oxygen atoms in total. The Morgan fingerprint density at radius 2 is 2.07 bits per heavy atom. The van der Waals surface area contributed by atoms with E-state index in [0.717, 1.165) is 6.07 Å². The Bertz CT molecular complexity index is 328. The molecule has 0 aromatic heterocycles. The summed E-state index contributed by atoms with van der Waals surface area (Å²) in [6, 6.07) is 2.32. The third-order valence-corrected chi connectivity index (χ3v) is 2.03. The van der Waals surface area contributed by atoms with E-state index in [9.17, 15) is 13.2 Å².